The van der Waals surface area contributed by atoms with Crippen LogP contribution in [-0.2, 0) is 6.18 Å². The predicted molar refractivity (Wildman–Crippen MR) is 148 cm³/mol. The summed E-state index contributed by atoms with van der Waals surface area (Å²) in [5.74, 6) is 1.18. The fourth-order valence-electron chi connectivity index (χ4n) is 7.21. The van der Waals surface area contributed by atoms with Crippen molar-refractivity contribution in [2.45, 2.75) is 109 Å². The summed E-state index contributed by atoms with van der Waals surface area (Å²) in [5, 5.41) is 11.3. The number of hydrogen-bond acceptors (Lipinski definition) is 3. The maximum atomic E-state index is 13.5. The fraction of sp³-hybridized carbons (Fsp3) is 0.677. The molecule has 0 bridgehead atoms. The molecule has 5 atom stereocenters. The third-order valence-electron chi connectivity index (χ3n) is 8.71. The monoisotopic (exact) mass is 517 g/mol. The van der Waals surface area contributed by atoms with Crippen LogP contribution in [-0.4, -0.2) is 29.7 Å². The van der Waals surface area contributed by atoms with Gasteiger partial charge in [-0.25, -0.2) is 0 Å². The topological polar surface area (TPSA) is 36.1 Å². The van der Waals surface area contributed by atoms with E-state index in [0.717, 1.165) is 49.9 Å². The minimum Gasteiger partial charge on any atom is -0.381 e. The van der Waals surface area contributed by atoms with E-state index in [-0.39, 0.29) is 29.0 Å². The molecule has 1 aromatic rings. The molecular weight excluding hydrogens is 471 g/mol. The number of allylic oxidation sites excluding steroid dienone is 3. The molecule has 3 N–H and O–H groups in total. The normalized spacial score (nSPS) is 30.0. The number of alkyl halides is 3. The highest BCUT2D eigenvalue weighted by Crippen LogP contribution is 2.46. The first kappa shape index (κ1) is 28.2. The maximum Gasteiger partial charge on any atom is 0.416 e. The van der Waals surface area contributed by atoms with Crippen LogP contribution in [0.2, 0.25) is 0 Å². The predicted octanol–water partition coefficient (Wildman–Crippen LogP) is 7.67. The van der Waals surface area contributed by atoms with E-state index in [1.807, 2.05) is 0 Å². The highest BCUT2D eigenvalue weighted by atomic mass is 19.4. The van der Waals surface area contributed by atoms with Gasteiger partial charge in [-0.2, -0.15) is 13.2 Å². The first-order valence-electron chi connectivity index (χ1n) is 14.1. The molecular formula is C31H46F3N3. The first-order valence-corrected chi connectivity index (χ1v) is 14.1. The molecule has 206 valence electrons. The van der Waals surface area contributed by atoms with Crippen LogP contribution in [0.25, 0.3) is 0 Å². The van der Waals surface area contributed by atoms with Gasteiger partial charge in [0.05, 0.1) is 5.56 Å². The van der Waals surface area contributed by atoms with Crippen molar-refractivity contribution in [1.82, 2.24) is 10.6 Å². The van der Waals surface area contributed by atoms with Gasteiger partial charge in [-0.3, -0.25) is 0 Å². The van der Waals surface area contributed by atoms with Gasteiger partial charge in [-0.05, 0) is 108 Å². The molecule has 2 heterocycles. The SMILES string of the molecule is C[C@H](CC[C@@H]1[C@H](C)c2cc(C(F)(F)F)ccc2N[C@H]1C1C=CC=CC1)CNC1CC(C)(C)NC(C)(C)C1. The first-order chi connectivity index (χ1) is 17.2. The van der Waals surface area contributed by atoms with Crippen molar-refractivity contribution in [3.63, 3.8) is 0 Å². The molecule has 0 spiro atoms. The molecule has 1 aliphatic carbocycles. The Bertz CT molecular complexity index is 978. The van der Waals surface area contributed by atoms with E-state index in [1.54, 1.807) is 6.07 Å². The molecule has 1 fully saturated rings. The van der Waals surface area contributed by atoms with Gasteiger partial charge in [0.25, 0.3) is 0 Å². The van der Waals surface area contributed by atoms with Gasteiger partial charge in [0.1, 0.15) is 0 Å². The second-order valence-corrected chi connectivity index (χ2v) is 13.2. The highest BCUT2D eigenvalue weighted by molar-refractivity contribution is 5.58. The van der Waals surface area contributed by atoms with E-state index in [4.69, 9.17) is 0 Å². The van der Waals surface area contributed by atoms with Crippen molar-refractivity contribution in [3.05, 3.63) is 53.6 Å². The molecule has 0 radical (unpaired) electrons. The summed E-state index contributed by atoms with van der Waals surface area (Å²) < 4.78 is 40.5. The number of fused-ring (bicyclic) bond motifs is 1. The molecule has 6 heteroatoms. The van der Waals surface area contributed by atoms with Crippen molar-refractivity contribution >= 4 is 5.69 Å². The molecule has 1 saturated heterocycles. The second kappa shape index (κ2) is 10.8. The van der Waals surface area contributed by atoms with Gasteiger partial charge < -0.3 is 16.0 Å². The van der Waals surface area contributed by atoms with Crippen LogP contribution in [0, 0.1) is 17.8 Å². The number of nitrogens with one attached hydrogen (secondary N) is 3. The number of anilines is 1. The lowest BCUT2D eigenvalue weighted by molar-refractivity contribution is -0.137. The summed E-state index contributed by atoms with van der Waals surface area (Å²) in [5.41, 5.74) is 1.34. The lowest BCUT2D eigenvalue weighted by Gasteiger charge is -2.47. The number of rotatable bonds is 7. The number of hydrogen-bond donors (Lipinski definition) is 3. The Balaban J connectivity index is 1.44. The summed E-state index contributed by atoms with van der Waals surface area (Å²) in [6.07, 6.45) is 9.55. The molecule has 3 aliphatic rings. The van der Waals surface area contributed by atoms with Gasteiger partial charge in [-0.15, -0.1) is 0 Å². The van der Waals surface area contributed by atoms with E-state index in [9.17, 15) is 13.2 Å². The smallest absolute Gasteiger partial charge is 0.381 e. The lowest BCUT2D eigenvalue weighted by atomic mass is 9.70. The molecule has 0 aromatic heterocycles. The van der Waals surface area contributed by atoms with Gasteiger partial charge >= 0.3 is 6.18 Å². The van der Waals surface area contributed by atoms with E-state index < -0.39 is 11.7 Å². The molecule has 1 unspecified atom stereocenters. The molecule has 3 nitrogen and oxygen atoms in total. The van der Waals surface area contributed by atoms with E-state index in [1.165, 1.54) is 12.1 Å². The molecule has 0 saturated carbocycles. The third kappa shape index (κ3) is 7.00. The number of halogens is 3. The van der Waals surface area contributed by atoms with Crippen molar-refractivity contribution in [2.24, 2.45) is 17.8 Å². The number of benzene rings is 1. The third-order valence-corrected chi connectivity index (χ3v) is 8.71. The summed E-state index contributed by atoms with van der Waals surface area (Å²) in [6, 6.07) is 4.92. The van der Waals surface area contributed by atoms with Crippen molar-refractivity contribution in [3.8, 4) is 0 Å². The van der Waals surface area contributed by atoms with Crippen LogP contribution < -0.4 is 16.0 Å². The quantitative estimate of drug-likeness (QED) is 0.347. The Morgan fingerprint density at radius 3 is 2.41 bits per heavy atom. The Kier molecular flexibility index (Phi) is 8.21. The highest BCUT2D eigenvalue weighted by Gasteiger charge is 2.40. The minimum atomic E-state index is -4.32. The molecule has 37 heavy (non-hydrogen) atoms. The van der Waals surface area contributed by atoms with Crippen molar-refractivity contribution in [1.29, 1.82) is 0 Å². The summed E-state index contributed by atoms with van der Waals surface area (Å²) in [7, 11) is 0. The summed E-state index contributed by atoms with van der Waals surface area (Å²) in [4.78, 5) is 0. The van der Waals surface area contributed by atoms with E-state index in [2.05, 4.69) is 81.8 Å². The van der Waals surface area contributed by atoms with Crippen LogP contribution in [0.1, 0.15) is 90.7 Å². The van der Waals surface area contributed by atoms with Crippen LogP contribution in [0.4, 0.5) is 18.9 Å². The number of piperidine rings is 1. The van der Waals surface area contributed by atoms with Crippen molar-refractivity contribution in [2.75, 3.05) is 11.9 Å². The zero-order valence-corrected chi connectivity index (χ0v) is 23.4. The second-order valence-electron chi connectivity index (χ2n) is 13.2. The maximum absolute atomic E-state index is 13.5. The Hall–Kier alpha value is -1.79. The van der Waals surface area contributed by atoms with Crippen LogP contribution in [0.5, 0.6) is 0 Å². The van der Waals surface area contributed by atoms with E-state index in [0.29, 0.717) is 17.9 Å². The minimum absolute atomic E-state index is 0.0639. The van der Waals surface area contributed by atoms with Crippen molar-refractivity contribution < 1.29 is 13.2 Å². The Morgan fingerprint density at radius 1 is 1.08 bits per heavy atom. The zero-order valence-electron chi connectivity index (χ0n) is 23.4. The van der Waals surface area contributed by atoms with E-state index >= 15 is 0 Å². The average molecular weight is 518 g/mol. The largest absolute Gasteiger partial charge is 0.416 e. The molecule has 0 amide bonds. The van der Waals surface area contributed by atoms with Gasteiger partial charge in [0.2, 0.25) is 0 Å². The standard InChI is InChI=1S/C31H46F3N3/c1-20(19-35-24-17-29(3,4)37-30(5,6)18-24)12-14-25-21(2)26-16-23(31(32,33)34)13-15-27(26)36-28(25)22-10-8-7-9-11-22/h7-10,13,15-16,20-22,24-25,28,35-37H,11-12,14,17-19H2,1-6H3/t20-,21+,22?,25-,28+/m1/s1. The van der Waals surface area contributed by atoms with Gasteiger partial charge in [-0.1, -0.05) is 38.2 Å². The van der Waals surface area contributed by atoms with Gasteiger partial charge in [0.15, 0.2) is 0 Å². The molecule has 2 aliphatic heterocycles. The Labute approximate surface area is 221 Å². The van der Waals surface area contributed by atoms with Crippen LogP contribution >= 0.6 is 0 Å². The summed E-state index contributed by atoms with van der Waals surface area (Å²) in [6.45, 7) is 14.5. The average Bonchev–Trinajstić information content (AvgIpc) is 2.80. The van der Waals surface area contributed by atoms with Crippen LogP contribution in [0.3, 0.4) is 0 Å². The lowest BCUT2D eigenvalue weighted by Crippen LogP contribution is -2.61. The molecule has 4 rings (SSSR count). The Morgan fingerprint density at radius 2 is 1.78 bits per heavy atom. The van der Waals surface area contributed by atoms with Crippen LogP contribution in [0.15, 0.2) is 42.5 Å². The van der Waals surface area contributed by atoms with Gasteiger partial charge in [0, 0.05) is 34.8 Å². The summed E-state index contributed by atoms with van der Waals surface area (Å²) >= 11 is 0. The molecule has 1 aromatic carbocycles. The fourth-order valence-corrected chi connectivity index (χ4v) is 7.21. The zero-order chi connectivity index (χ0) is 27.0.